The van der Waals surface area contributed by atoms with Gasteiger partial charge in [-0.3, -0.25) is 4.79 Å². The first kappa shape index (κ1) is 22.7. The number of carbonyl (C=O) groups excluding carboxylic acids is 1. The molecule has 0 aromatic heterocycles. The van der Waals surface area contributed by atoms with Gasteiger partial charge in [-0.15, -0.1) is 0 Å². The number of hydrogen-bond acceptors (Lipinski definition) is 3. The average molecular weight is 397 g/mol. The van der Waals surface area contributed by atoms with Crippen LogP contribution < -0.4 is 0 Å². The quantitative estimate of drug-likeness (QED) is 0.317. The summed E-state index contributed by atoms with van der Waals surface area (Å²) in [7, 11) is 0. The maximum absolute atomic E-state index is 12.1. The van der Waals surface area contributed by atoms with E-state index in [-0.39, 0.29) is 17.6 Å². The van der Waals surface area contributed by atoms with Crippen molar-refractivity contribution in [1.82, 2.24) is 0 Å². The maximum Gasteiger partial charge on any atom is 0.335 e. The van der Waals surface area contributed by atoms with E-state index in [4.69, 9.17) is 9.84 Å². The minimum Gasteiger partial charge on any atom is -0.478 e. The summed E-state index contributed by atoms with van der Waals surface area (Å²) in [4.78, 5) is 23.0. The van der Waals surface area contributed by atoms with E-state index < -0.39 is 5.97 Å². The Morgan fingerprint density at radius 3 is 1.90 bits per heavy atom. The molecule has 156 valence electrons. The fourth-order valence-electron chi connectivity index (χ4n) is 3.30. The van der Waals surface area contributed by atoms with Gasteiger partial charge in [-0.1, -0.05) is 81.8 Å². The molecule has 0 amide bonds. The van der Waals surface area contributed by atoms with Gasteiger partial charge < -0.3 is 9.84 Å². The number of carboxylic acid groups (broad SMARTS) is 1. The second-order valence-electron chi connectivity index (χ2n) is 7.51. The molecule has 2 rings (SSSR count). The zero-order chi connectivity index (χ0) is 21.1. The molecule has 0 aliphatic rings. The number of carboxylic acids is 1. The van der Waals surface area contributed by atoms with E-state index in [1.54, 1.807) is 24.3 Å². The Hall–Kier alpha value is -2.62. The van der Waals surface area contributed by atoms with E-state index in [2.05, 4.69) is 6.92 Å². The highest BCUT2D eigenvalue weighted by Gasteiger charge is 2.12. The Balaban J connectivity index is 1.78. The van der Waals surface area contributed by atoms with Crippen molar-refractivity contribution >= 4 is 11.9 Å². The highest BCUT2D eigenvalue weighted by molar-refractivity contribution is 5.88. The summed E-state index contributed by atoms with van der Waals surface area (Å²) in [6, 6.07) is 14.6. The van der Waals surface area contributed by atoms with E-state index in [1.165, 1.54) is 32.1 Å². The third kappa shape index (κ3) is 7.72. The number of aromatic carboxylic acids is 1. The van der Waals surface area contributed by atoms with E-state index in [0.717, 1.165) is 29.5 Å². The van der Waals surface area contributed by atoms with Crippen molar-refractivity contribution < 1.29 is 19.4 Å². The third-order valence-electron chi connectivity index (χ3n) is 5.14. The van der Waals surface area contributed by atoms with Crippen LogP contribution in [0.2, 0.25) is 0 Å². The Kier molecular flexibility index (Phi) is 9.42. The first-order valence-electron chi connectivity index (χ1n) is 10.6. The number of carbonyl (C=O) groups is 2. The lowest BCUT2D eigenvalue weighted by Crippen LogP contribution is -2.08. The molecule has 4 heteroatoms. The van der Waals surface area contributed by atoms with Gasteiger partial charge in [-0.05, 0) is 42.2 Å². The largest absolute Gasteiger partial charge is 0.478 e. The maximum atomic E-state index is 12.1. The van der Waals surface area contributed by atoms with Crippen LogP contribution in [0.25, 0.3) is 11.1 Å². The van der Waals surface area contributed by atoms with Crippen molar-refractivity contribution in [3.8, 4) is 11.1 Å². The standard InChI is InChI=1S/C25H32O4/c1-3-4-5-6-7-8-9-10-24(26)29-19(2)20-11-13-21(14-12-20)22-15-17-23(18-16-22)25(27)28/h11-19H,3-10H2,1-2H3,(H,27,28). The van der Waals surface area contributed by atoms with Crippen molar-refractivity contribution in [1.29, 1.82) is 0 Å². The fourth-order valence-corrected chi connectivity index (χ4v) is 3.30. The molecule has 1 unspecified atom stereocenters. The van der Waals surface area contributed by atoms with Crippen LogP contribution in [0, 0.1) is 0 Å². The molecule has 0 spiro atoms. The smallest absolute Gasteiger partial charge is 0.335 e. The molecule has 0 bridgehead atoms. The zero-order valence-corrected chi connectivity index (χ0v) is 17.5. The number of ether oxygens (including phenoxy) is 1. The lowest BCUT2D eigenvalue weighted by molar-refractivity contribution is -0.148. The molecular weight excluding hydrogens is 364 g/mol. The van der Waals surface area contributed by atoms with E-state index in [9.17, 15) is 9.59 Å². The second-order valence-corrected chi connectivity index (χ2v) is 7.51. The van der Waals surface area contributed by atoms with E-state index in [1.807, 2.05) is 31.2 Å². The molecule has 0 saturated heterocycles. The van der Waals surface area contributed by atoms with Crippen LogP contribution in [0.1, 0.15) is 87.2 Å². The van der Waals surface area contributed by atoms with Gasteiger partial charge in [-0.2, -0.15) is 0 Å². The third-order valence-corrected chi connectivity index (χ3v) is 5.14. The summed E-state index contributed by atoms with van der Waals surface area (Å²) in [5.41, 5.74) is 3.16. The first-order chi connectivity index (χ1) is 14.0. The number of rotatable bonds is 12. The summed E-state index contributed by atoms with van der Waals surface area (Å²) in [5.74, 6) is -1.07. The Labute approximate surface area is 173 Å². The SMILES string of the molecule is CCCCCCCCCC(=O)OC(C)c1ccc(-c2ccc(C(=O)O)cc2)cc1. The zero-order valence-electron chi connectivity index (χ0n) is 17.5. The summed E-state index contributed by atoms with van der Waals surface area (Å²) in [5, 5.41) is 8.99. The molecule has 0 saturated carbocycles. The highest BCUT2D eigenvalue weighted by atomic mass is 16.5. The van der Waals surface area contributed by atoms with Gasteiger partial charge in [-0.25, -0.2) is 4.79 Å². The van der Waals surface area contributed by atoms with Crippen molar-refractivity contribution in [2.75, 3.05) is 0 Å². The van der Waals surface area contributed by atoms with Crippen LogP contribution in [-0.4, -0.2) is 17.0 Å². The van der Waals surface area contributed by atoms with Crippen LogP contribution in [0.3, 0.4) is 0 Å². The molecule has 1 atom stereocenters. The summed E-state index contributed by atoms with van der Waals surface area (Å²) >= 11 is 0. The average Bonchev–Trinajstić information content (AvgIpc) is 2.73. The first-order valence-corrected chi connectivity index (χ1v) is 10.6. The molecule has 2 aromatic carbocycles. The Bertz CT molecular complexity index is 762. The number of hydrogen-bond donors (Lipinski definition) is 1. The molecule has 4 nitrogen and oxygen atoms in total. The van der Waals surface area contributed by atoms with Gasteiger partial charge in [0.05, 0.1) is 5.56 Å². The van der Waals surface area contributed by atoms with E-state index in [0.29, 0.717) is 6.42 Å². The van der Waals surface area contributed by atoms with Crippen molar-refractivity contribution in [2.45, 2.75) is 71.3 Å². The number of esters is 1. The van der Waals surface area contributed by atoms with Crippen LogP contribution in [-0.2, 0) is 9.53 Å². The van der Waals surface area contributed by atoms with Crippen LogP contribution in [0.4, 0.5) is 0 Å². The molecule has 0 aliphatic carbocycles. The topological polar surface area (TPSA) is 63.6 Å². The lowest BCUT2D eigenvalue weighted by Gasteiger charge is -2.14. The lowest BCUT2D eigenvalue weighted by atomic mass is 10.0. The molecule has 29 heavy (non-hydrogen) atoms. The summed E-state index contributed by atoms with van der Waals surface area (Å²) in [6.07, 6.45) is 8.46. The van der Waals surface area contributed by atoms with Crippen LogP contribution in [0.15, 0.2) is 48.5 Å². The predicted molar refractivity (Wildman–Crippen MR) is 116 cm³/mol. The van der Waals surface area contributed by atoms with Gasteiger partial charge in [0.1, 0.15) is 6.10 Å². The van der Waals surface area contributed by atoms with Crippen molar-refractivity contribution in [3.05, 3.63) is 59.7 Å². The van der Waals surface area contributed by atoms with Crippen LogP contribution in [0.5, 0.6) is 0 Å². The molecule has 2 aromatic rings. The second kappa shape index (κ2) is 12.1. The molecule has 0 heterocycles. The summed E-state index contributed by atoms with van der Waals surface area (Å²) in [6.45, 7) is 4.10. The van der Waals surface area contributed by atoms with Crippen molar-refractivity contribution in [3.63, 3.8) is 0 Å². The van der Waals surface area contributed by atoms with E-state index >= 15 is 0 Å². The highest BCUT2D eigenvalue weighted by Crippen LogP contribution is 2.24. The Morgan fingerprint density at radius 1 is 0.828 bits per heavy atom. The molecule has 0 fully saturated rings. The minimum absolute atomic E-state index is 0.139. The van der Waals surface area contributed by atoms with Gasteiger partial charge in [0.2, 0.25) is 0 Å². The predicted octanol–water partition coefficient (Wildman–Crippen LogP) is 6.80. The fraction of sp³-hybridized carbons (Fsp3) is 0.440. The van der Waals surface area contributed by atoms with Gasteiger partial charge >= 0.3 is 11.9 Å². The molecule has 0 radical (unpaired) electrons. The molecular formula is C25H32O4. The molecule has 1 N–H and O–H groups in total. The summed E-state index contributed by atoms with van der Waals surface area (Å²) < 4.78 is 5.56. The normalized spacial score (nSPS) is 11.8. The monoisotopic (exact) mass is 396 g/mol. The van der Waals surface area contributed by atoms with Gasteiger partial charge in [0.15, 0.2) is 0 Å². The van der Waals surface area contributed by atoms with Gasteiger partial charge in [0, 0.05) is 6.42 Å². The molecule has 0 aliphatic heterocycles. The Morgan fingerprint density at radius 2 is 1.34 bits per heavy atom. The van der Waals surface area contributed by atoms with Gasteiger partial charge in [0.25, 0.3) is 0 Å². The number of unbranched alkanes of at least 4 members (excludes halogenated alkanes) is 6. The minimum atomic E-state index is -0.931. The van der Waals surface area contributed by atoms with Crippen molar-refractivity contribution in [2.24, 2.45) is 0 Å². The number of benzene rings is 2. The van der Waals surface area contributed by atoms with Crippen LogP contribution >= 0.6 is 0 Å².